The van der Waals surface area contributed by atoms with Crippen molar-refractivity contribution in [2.24, 2.45) is 11.1 Å². The number of hydrogen-bond acceptors (Lipinski definition) is 1. The lowest BCUT2D eigenvalue weighted by Gasteiger charge is -2.05. The number of hydrogen-bond donors (Lipinski definition) is 1. The van der Waals surface area contributed by atoms with Gasteiger partial charge in [0.25, 0.3) is 0 Å². The summed E-state index contributed by atoms with van der Waals surface area (Å²) in [6.45, 7) is 6.65. The Morgan fingerprint density at radius 3 is 2.23 bits per heavy atom. The topological polar surface area (TPSA) is 26.0 Å². The highest BCUT2D eigenvalue weighted by Gasteiger charge is 2.56. The second-order valence-corrected chi connectivity index (χ2v) is 4.68. The van der Waals surface area contributed by atoms with Crippen LogP contribution >= 0.6 is 0 Å². The summed E-state index contributed by atoms with van der Waals surface area (Å²) in [4.78, 5) is 0. The molecule has 0 aromatic heterocycles. The van der Waals surface area contributed by atoms with Crippen LogP contribution in [0.25, 0.3) is 0 Å². The van der Waals surface area contributed by atoms with Crippen LogP contribution in [-0.4, -0.2) is 6.04 Å². The van der Waals surface area contributed by atoms with E-state index in [1.165, 1.54) is 11.1 Å². The molecule has 0 spiro atoms. The Labute approximate surface area is 80.0 Å². The van der Waals surface area contributed by atoms with E-state index in [4.69, 9.17) is 5.73 Å². The molecule has 1 saturated carbocycles. The molecule has 1 heteroatoms. The summed E-state index contributed by atoms with van der Waals surface area (Å²) in [7, 11) is 0. The molecule has 0 saturated heterocycles. The molecule has 0 bridgehead atoms. The lowest BCUT2D eigenvalue weighted by molar-refractivity contribution is 0.598. The van der Waals surface area contributed by atoms with Gasteiger partial charge < -0.3 is 5.73 Å². The van der Waals surface area contributed by atoms with E-state index in [-0.39, 0.29) is 0 Å². The average Bonchev–Trinajstić information content (AvgIpc) is 2.54. The molecule has 2 atom stereocenters. The molecule has 0 radical (unpaired) electrons. The van der Waals surface area contributed by atoms with Gasteiger partial charge in [-0.05, 0) is 23.5 Å². The zero-order valence-corrected chi connectivity index (χ0v) is 8.54. The van der Waals surface area contributed by atoms with Crippen molar-refractivity contribution in [3.63, 3.8) is 0 Å². The average molecular weight is 175 g/mol. The van der Waals surface area contributed by atoms with Gasteiger partial charge in [0.1, 0.15) is 0 Å². The van der Waals surface area contributed by atoms with Crippen molar-refractivity contribution in [1.82, 2.24) is 0 Å². The first-order chi connectivity index (χ1) is 6.05. The van der Waals surface area contributed by atoms with Crippen LogP contribution < -0.4 is 5.73 Å². The van der Waals surface area contributed by atoms with E-state index in [1.54, 1.807) is 0 Å². The minimum atomic E-state index is 0.298. The fourth-order valence-corrected chi connectivity index (χ4v) is 2.21. The van der Waals surface area contributed by atoms with E-state index in [1.807, 2.05) is 0 Å². The van der Waals surface area contributed by atoms with E-state index in [2.05, 4.69) is 45.0 Å². The Kier molecular flexibility index (Phi) is 1.74. The summed E-state index contributed by atoms with van der Waals surface area (Å²) >= 11 is 0. The van der Waals surface area contributed by atoms with Crippen molar-refractivity contribution in [2.75, 3.05) is 0 Å². The minimum absolute atomic E-state index is 0.298. The monoisotopic (exact) mass is 175 g/mol. The Morgan fingerprint density at radius 2 is 1.77 bits per heavy atom. The Hall–Kier alpha value is -0.820. The van der Waals surface area contributed by atoms with E-state index in [0.717, 1.165) is 0 Å². The Balaban J connectivity index is 2.34. The first-order valence-corrected chi connectivity index (χ1v) is 4.86. The Morgan fingerprint density at radius 1 is 1.23 bits per heavy atom. The fourth-order valence-electron chi connectivity index (χ4n) is 2.21. The van der Waals surface area contributed by atoms with Crippen LogP contribution in [0.3, 0.4) is 0 Å². The largest absolute Gasteiger partial charge is 0.327 e. The van der Waals surface area contributed by atoms with Crippen molar-refractivity contribution in [3.8, 4) is 0 Å². The lowest BCUT2D eigenvalue weighted by Crippen LogP contribution is -2.06. The molecule has 0 unspecified atom stereocenters. The highest BCUT2D eigenvalue weighted by atomic mass is 14.8. The van der Waals surface area contributed by atoms with Crippen LogP contribution in [0.4, 0.5) is 0 Å². The van der Waals surface area contributed by atoms with Gasteiger partial charge in [-0.1, -0.05) is 38.1 Å². The van der Waals surface area contributed by atoms with Crippen LogP contribution in [0.5, 0.6) is 0 Å². The molecule has 1 aliphatic rings. The third-order valence-corrected chi connectivity index (χ3v) is 3.43. The summed E-state index contributed by atoms with van der Waals surface area (Å²) in [5, 5.41) is 0. The predicted molar refractivity (Wildman–Crippen MR) is 55.7 cm³/mol. The molecule has 1 fully saturated rings. The summed E-state index contributed by atoms with van der Waals surface area (Å²) in [5.41, 5.74) is 9.14. The van der Waals surface area contributed by atoms with Crippen molar-refractivity contribution in [3.05, 3.63) is 35.4 Å². The molecule has 1 aromatic carbocycles. The standard InChI is InChI=1S/C12H17N/c1-8-6-4-5-7-9(8)10-11(13)12(10,2)3/h4-7,10-11H,13H2,1-3H3/t10-,11-/m1/s1. The molecule has 1 nitrogen and oxygen atoms in total. The van der Waals surface area contributed by atoms with Crippen molar-refractivity contribution >= 4 is 0 Å². The van der Waals surface area contributed by atoms with E-state index in [9.17, 15) is 0 Å². The maximum atomic E-state index is 6.05. The van der Waals surface area contributed by atoms with E-state index >= 15 is 0 Å². The zero-order chi connectivity index (χ0) is 9.64. The molecule has 2 rings (SSSR count). The zero-order valence-electron chi connectivity index (χ0n) is 8.54. The number of aryl methyl sites for hydroxylation is 1. The fraction of sp³-hybridized carbons (Fsp3) is 0.500. The van der Waals surface area contributed by atoms with Gasteiger partial charge in [0.15, 0.2) is 0 Å². The van der Waals surface area contributed by atoms with Crippen LogP contribution in [0.15, 0.2) is 24.3 Å². The van der Waals surface area contributed by atoms with E-state index in [0.29, 0.717) is 17.4 Å². The first-order valence-electron chi connectivity index (χ1n) is 4.86. The Bertz CT molecular complexity index is 328. The lowest BCUT2D eigenvalue weighted by atomic mass is 9.99. The normalized spacial score (nSPS) is 30.2. The van der Waals surface area contributed by atoms with Crippen molar-refractivity contribution in [1.29, 1.82) is 0 Å². The maximum absolute atomic E-state index is 6.05. The van der Waals surface area contributed by atoms with Crippen LogP contribution in [0, 0.1) is 12.3 Å². The van der Waals surface area contributed by atoms with Gasteiger partial charge in [0.05, 0.1) is 0 Å². The summed E-state index contributed by atoms with van der Waals surface area (Å²) in [6, 6.07) is 8.89. The molecule has 70 valence electrons. The first kappa shape index (κ1) is 8.76. The summed E-state index contributed by atoms with van der Waals surface area (Å²) in [6.07, 6.45) is 0. The van der Waals surface area contributed by atoms with Gasteiger partial charge in [-0.15, -0.1) is 0 Å². The second kappa shape index (κ2) is 2.58. The number of nitrogens with two attached hydrogens (primary N) is 1. The van der Waals surface area contributed by atoms with Gasteiger partial charge in [-0.25, -0.2) is 0 Å². The van der Waals surface area contributed by atoms with E-state index < -0.39 is 0 Å². The minimum Gasteiger partial charge on any atom is -0.327 e. The van der Waals surface area contributed by atoms with Gasteiger partial charge in [0, 0.05) is 12.0 Å². The molecule has 0 aliphatic heterocycles. The smallest absolute Gasteiger partial charge is 0.0172 e. The molecule has 13 heavy (non-hydrogen) atoms. The van der Waals surface area contributed by atoms with Gasteiger partial charge in [-0.3, -0.25) is 0 Å². The third-order valence-electron chi connectivity index (χ3n) is 3.43. The third kappa shape index (κ3) is 1.19. The van der Waals surface area contributed by atoms with Crippen LogP contribution in [0.2, 0.25) is 0 Å². The van der Waals surface area contributed by atoms with Crippen molar-refractivity contribution in [2.45, 2.75) is 32.7 Å². The highest BCUT2D eigenvalue weighted by molar-refractivity contribution is 5.39. The SMILES string of the molecule is Cc1ccccc1[C@@H]1[C@@H](N)C1(C)C. The van der Waals surface area contributed by atoms with Gasteiger partial charge in [0.2, 0.25) is 0 Å². The second-order valence-electron chi connectivity index (χ2n) is 4.68. The molecule has 0 heterocycles. The molecule has 1 aromatic rings. The summed E-state index contributed by atoms with van der Waals surface area (Å²) < 4.78 is 0. The molecular formula is C12H17N. The highest BCUT2D eigenvalue weighted by Crippen LogP contribution is 2.57. The molecule has 2 N–H and O–H groups in total. The number of rotatable bonds is 1. The molecule has 1 aliphatic carbocycles. The van der Waals surface area contributed by atoms with Crippen molar-refractivity contribution < 1.29 is 0 Å². The molecule has 0 amide bonds. The predicted octanol–water partition coefficient (Wildman–Crippen LogP) is 2.45. The maximum Gasteiger partial charge on any atom is 0.0172 e. The van der Waals surface area contributed by atoms with Gasteiger partial charge >= 0.3 is 0 Å². The number of benzene rings is 1. The van der Waals surface area contributed by atoms with Crippen LogP contribution in [-0.2, 0) is 0 Å². The quantitative estimate of drug-likeness (QED) is 0.697. The van der Waals surface area contributed by atoms with Gasteiger partial charge in [-0.2, -0.15) is 0 Å². The van der Waals surface area contributed by atoms with Crippen LogP contribution in [0.1, 0.15) is 30.9 Å². The molecular weight excluding hydrogens is 158 g/mol. The summed E-state index contributed by atoms with van der Waals surface area (Å²) in [5.74, 6) is 0.564.